The van der Waals surface area contributed by atoms with Crippen LogP contribution in [-0.4, -0.2) is 30.4 Å². The van der Waals surface area contributed by atoms with Gasteiger partial charge in [-0.05, 0) is 55.8 Å². The SMILES string of the molecule is O=C(CNCC1CC1)N1CCCC1c1ccc(Cl)cc1. The fourth-order valence-corrected chi connectivity index (χ4v) is 3.03. The van der Waals surface area contributed by atoms with Crippen LogP contribution in [0.15, 0.2) is 24.3 Å². The average Bonchev–Trinajstić information content (AvgIpc) is 3.14. The van der Waals surface area contributed by atoms with Crippen molar-refractivity contribution in [3.8, 4) is 0 Å². The summed E-state index contributed by atoms with van der Waals surface area (Å²) in [5, 5.41) is 4.04. The largest absolute Gasteiger partial charge is 0.335 e. The van der Waals surface area contributed by atoms with Crippen molar-refractivity contribution < 1.29 is 4.79 Å². The number of rotatable bonds is 5. The first-order chi connectivity index (χ1) is 9.74. The molecule has 1 heterocycles. The summed E-state index contributed by atoms with van der Waals surface area (Å²) in [6.45, 7) is 2.34. The quantitative estimate of drug-likeness (QED) is 0.905. The van der Waals surface area contributed by atoms with Gasteiger partial charge in [0.2, 0.25) is 5.91 Å². The third kappa shape index (κ3) is 3.33. The van der Waals surface area contributed by atoms with E-state index >= 15 is 0 Å². The molecule has 1 atom stereocenters. The van der Waals surface area contributed by atoms with Crippen LogP contribution in [0.5, 0.6) is 0 Å². The number of carbonyl (C=O) groups is 1. The molecule has 1 aliphatic carbocycles. The van der Waals surface area contributed by atoms with E-state index in [4.69, 9.17) is 11.6 Å². The summed E-state index contributed by atoms with van der Waals surface area (Å²) in [5.41, 5.74) is 1.20. The summed E-state index contributed by atoms with van der Waals surface area (Å²) >= 11 is 5.93. The molecule has 1 amide bonds. The van der Waals surface area contributed by atoms with Crippen LogP contribution in [0.4, 0.5) is 0 Å². The Bertz CT molecular complexity index is 470. The summed E-state index contributed by atoms with van der Waals surface area (Å²) in [6, 6.07) is 8.11. The van der Waals surface area contributed by atoms with Crippen LogP contribution < -0.4 is 5.32 Å². The van der Waals surface area contributed by atoms with E-state index in [2.05, 4.69) is 5.32 Å². The first-order valence-corrected chi connectivity index (χ1v) is 7.87. The monoisotopic (exact) mass is 292 g/mol. The van der Waals surface area contributed by atoms with E-state index in [0.29, 0.717) is 6.54 Å². The molecule has 3 rings (SSSR count). The van der Waals surface area contributed by atoms with Crippen molar-refractivity contribution in [2.24, 2.45) is 5.92 Å². The lowest BCUT2D eigenvalue weighted by atomic mass is 10.0. The lowest BCUT2D eigenvalue weighted by Gasteiger charge is -2.25. The summed E-state index contributed by atoms with van der Waals surface area (Å²) in [4.78, 5) is 14.4. The number of hydrogen-bond acceptors (Lipinski definition) is 2. The molecule has 1 saturated carbocycles. The van der Waals surface area contributed by atoms with Crippen LogP contribution in [0.3, 0.4) is 0 Å². The third-order valence-electron chi connectivity index (χ3n) is 4.23. The molecule has 1 saturated heterocycles. The molecule has 2 aliphatic rings. The molecule has 0 radical (unpaired) electrons. The standard InChI is InChI=1S/C16H21ClN2O/c17-14-7-5-13(6-8-14)15-2-1-9-19(15)16(20)11-18-10-12-3-4-12/h5-8,12,15,18H,1-4,9-11H2. The Morgan fingerprint density at radius 2 is 2.00 bits per heavy atom. The zero-order valence-corrected chi connectivity index (χ0v) is 12.4. The topological polar surface area (TPSA) is 32.3 Å². The minimum absolute atomic E-state index is 0.225. The molecular weight excluding hydrogens is 272 g/mol. The maximum Gasteiger partial charge on any atom is 0.237 e. The van der Waals surface area contributed by atoms with Gasteiger partial charge in [0.1, 0.15) is 0 Å². The highest BCUT2D eigenvalue weighted by molar-refractivity contribution is 6.30. The smallest absolute Gasteiger partial charge is 0.237 e. The van der Waals surface area contributed by atoms with E-state index < -0.39 is 0 Å². The number of nitrogens with zero attached hydrogens (tertiary/aromatic N) is 1. The van der Waals surface area contributed by atoms with Gasteiger partial charge in [-0.25, -0.2) is 0 Å². The first-order valence-electron chi connectivity index (χ1n) is 7.49. The van der Waals surface area contributed by atoms with Gasteiger partial charge in [-0.1, -0.05) is 23.7 Å². The first kappa shape index (κ1) is 13.9. The normalized spacial score (nSPS) is 22.2. The predicted molar refractivity (Wildman–Crippen MR) is 80.7 cm³/mol. The van der Waals surface area contributed by atoms with Crippen LogP contribution in [0, 0.1) is 5.92 Å². The summed E-state index contributed by atoms with van der Waals surface area (Å²) < 4.78 is 0. The van der Waals surface area contributed by atoms with Gasteiger partial charge in [0.05, 0.1) is 12.6 Å². The summed E-state index contributed by atoms with van der Waals surface area (Å²) in [6.07, 6.45) is 4.77. The maximum atomic E-state index is 12.3. The molecule has 0 spiro atoms. The Balaban J connectivity index is 1.59. The van der Waals surface area contributed by atoms with Crippen LogP contribution >= 0.6 is 11.6 Å². The van der Waals surface area contributed by atoms with Crippen molar-refractivity contribution in [3.05, 3.63) is 34.9 Å². The van der Waals surface area contributed by atoms with Crippen LogP contribution in [0.2, 0.25) is 5.02 Å². The number of amides is 1. The molecule has 1 aliphatic heterocycles. The number of hydrogen-bond donors (Lipinski definition) is 1. The van der Waals surface area contributed by atoms with Crippen molar-refractivity contribution in [3.63, 3.8) is 0 Å². The minimum Gasteiger partial charge on any atom is -0.335 e. The van der Waals surface area contributed by atoms with Crippen molar-refractivity contribution in [2.75, 3.05) is 19.6 Å². The van der Waals surface area contributed by atoms with Gasteiger partial charge in [0.15, 0.2) is 0 Å². The minimum atomic E-state index is 0.225. The Morgan fingerprint density at radius 3 is 2.70 bits per heavy atom. The molecule has 1 N–H and O–H groups in total. The molecule has 3 nitrogen and oxygen atoms in total. The molecule has 20 heavy (non-hydrogen) atoms. The Labute approximate surface area is 125 Å². The molecule has 108 valence electrons. The highest BCUT2D eigenvalue weighted by Gasteiger charge is 2.29. The number of nitrogens with one attached hydrogen (secondary N) is 1. The molecule has 0 aromatic heterocycles. The zero-order valence-electron chi connectivity index (χ0n) is 11.6. The second-order valence-electron chi connectivity index (χ2n) is 5.87. The number of benzene rings is 1. The Hall–Kier alpha value is -1.06. The summed E-state index contributed by atoms with van der Waals surface area (Å²) in [7, 11) is 0. The number of likely N-dealkylation sites (tertiary alicyclic amines) is 1. The Morgan fingerprint density at radius 1 is 1.25 bits per heavy atom. The van der Waals surface area contributed by atoms with E-state index in [-0.39, 0.29) is 11.9 Å². The van der Waals surface area contributed by atoms with Crippen LogP contribution in [0.1, 0.15) is 37.3 Å². The lowest BCUT2D eigenvalue weighted by molar-refractivity contribution is -0.131. The van der Waals surface area contributed by atoms with Gasteiger partial charge in [0, 0.05) is 11.6 Å². The van der Waals surface area contributed by atoms with E-state index in [1.807, 2.05) is 29.2 Å². The summed E-state index contributed by atoms with van der Waals surface area (Å²) in [5.74, 6) is 1.04. The number of carbonyl (C=O) groups excluding carboxylic acids is 1. The van der Waals surface area contributed by atoms with Gasteiger partial charge < -0.3 is 10.2 Å². The fraction of sp³-hybridized carbons (Fsp3) is 0.562. The van der Waals surface area contributed by atoms with E-state index in [1.165, 1.54) is 18.4 Å². The highest BCUT2D eigenvalue weighted by Crippen LogP contribution is 2.32. The Kier molecular flexibility index (Phi) is 4.27. The van der Waals surface area contributed by atoms with Gasteiger partial charge in [0.25, 0.3) is 0 Å². The van der Waals surface area contributed by atoms with Crippen LogP contribution in [-0.2, 0) is 4.79 Å². The lowest BCUT2D eigenvalue weighted by Crippen LogP contribution is -2.38. The van der Waals surface area contributed by atoms with E-state index in [1.54, 1.807) is 0 Å². The fourth-order valence-electron chi connectivity index (χ4n) is 2.90. The zero-order chi connectivity index (χ0) is 13.9. The van der Waals surface area contributed by atoms with Crippen molar-refractivity contribution in [1.29, 1.82) is 0 Å². The highest BCUT2D eigenvalue weighted by atomic mass is 35.5. The molecule has 0 bridgehead atoms. The van der Waals surface area contributed by atoms with Crippen molar-refractivity contribution in [2.45, 2.75) is 31.7 Å². The second-order valence-corrected chi connectivity index (χ2v) is 6.31. The van der Waals surface area contributed by atoms with E-state index in [9.17, 15) is 4.79 Å². The van der Waals surface area contributed by atoms with Crippen molar-refractivity contribution in [1.82, 2.24) is 10.2 Å². The molecule has 4 heteroatoms. The van der Waals surface area contributed by atoms with Gasteiger partial charge in [-0.2, -0.15) is 0 Å². The molecule has 1 unspecified atom stereocenters. The average molecular weight is 293 g/mol. The van der Waals surface area contributed by atoms with Crippen LogP contribution in [0.25, 0.3) is 0 Å². The maximum absolute atomic E-state index is 12.3. The van der Waals surface area contributed by atoms with Gasteiger partial charge in [-0.15, -0.1) is 0 Å². The third-order valence-corrected chi connectivity index (χ3v) is 4.49. The second kappa shape index (κ2) is 6.15. The number of halogens is 1. The molecule has 1 aromatic rings. The van der Waals surface area contributed by atoms with Gasteiger partial charge >= 0.3 is 0 Å². The van der Waals surface area contributed by atoms with Gasteiger partial charge in [-0.3, -0.25) is 4.79 Å². The molecule has 1 aromatic carbocycles. The molecule has 2 fully saturated rings. The van der Waals surface area contributed by atoms with E-state index in [0.717, 1.165) is 36.9 Å². The predicted octanol–water partition coefficient (Wildman–Crippen LogP) is 3.00. The molecular formula is C16H21ClN2O. The van der Waals surface area contributed by atoms with Crippen molar-refractivity contribution >= 4 is 17.5 Å².